The molecule has 1 aromatic carbocycles. The topological polar surface area (TPSA) is 93.2 Å². The first-order chi connectivity index (χ1) is 18.0. The van der Waals surface area contributed by atoms with Crippen LogP contribution in [-0.2, 0) is 22.4 Å². The number of ether oxygens (including phenoxy) is 3. The summed E-state index contributed by atoms with van der Waals surface area (Å²) in [7, 11) is 1.71. The number of carboxylic acid groups (broad SMARTS) is 1. The monoisotopic (exact) mass is 513 g/mol. The Labute approximate surface area is 217 Å². The number of carbonyl (C=O) groups is 1. The molecule has 0 bridgehead atoms. The number of pyridine rings is 1. The van der Waals surface area contributed by atoms with Gasteiger partial charge in [-0.1, -0.05) is 0 Å². The van der Waals surface area contributed by atoms with Gasteiger partial charge in [-0.3, -0.25) is 9.69 Å². The van der Waals surface area contributed by atoms with E-state index in [0.29, 0.717) is 31.0 Å². The molecule has 3 heterocycles. The average molecular weight is 514 g/mol. The summed E-state index contributed by atoms with van der Waals surface area (Å²) in [6, 6.07) is 5.25. The molecule has 0 spiro atoms. The van der Waals surface area contributed by atoms with Gasteiger partial charge in [0.2, 0.25) is 0 Å². The molecule has 2 fully saturated rings. The Morgan fingerprint density at radius 2 is 2.08 bits per heavy atom. The van der Waals surface area contributed by atoms with Crippen molar-refractivity contribution in [2.45, 2.75) is 69.6 Å². The van der Waals surface area contributed by atoms with E-state index >= 15 is 0 Å². The molecule has 1 aromatic heterocycles. The van der Waals surface area contributed by atoms with Crippen LogP contribution >= 0.6 is 0 Å². The number of aromatic nitrogens is 1. The van der Waals surface area contributed by atoms with Crippen LogP contribution in [0.25, 0.3) is 0 Å². The molecule has 3 aliphatic rings. The molecule has 0 amide bonds. The second-order valence-corrected chi connectivity index (χ2v) is 10.1. The van der Waals surface area contributed by atoms with Crippen molar-refractivity contribution in [3.05, 3.63) is 46.9 Å². The van der Waals surface area contributed by atoms with Crippen LogP contribution in [0.2, 0.25) is 0 Å². The molecule has 1 saturated carbocycles. The van der Waals surface area contributed by atoms with Crippen LogP contribution in [0.15, 0.2) is 24.3 Å². The van der Waals surface area contributed by atoms with E-state index < -0.39 is 17.8 Å². The zero-order chi connectivity index (χ0) is 25.8. The summed E-state index contributed by atoms with van der Waals surface area (Å²) >= 11 is 0. The van der Waals surface area contributed by atoms with Crippen LogP contribution in [0.4, 0.5) is 10.2 Å². The van der Waals surface area contributed by atoms with E-state index in [1.807, 2.05) is 11.0 Å². The summed E-state index contributed by atoms with van der Waals surface area (Å²) in [5.74, 6) is 0.849. The third-order valence-corrected chi connectivity index (χ3v) is 7.29. The van der Waals surface area contributed by atoms with E-state index in [0.717, 1.165) is 80.7 Å². The number of nitrogens with zero attached hydrogens (tertiary/aromatic N) is 2. The summed E-state index contributed by atoms with van der Waals surface area (Å²) in [6.07, 6.45) is 7.43. The summed E-state index contributed by atoms with van der Waals surface area (Å²) in [4.78, 5) is 18.9. The van der Waals surface area contributed by atoms with E-state index in [-0.39, 0.29) is 12.2 Å². The van der Waals surface area contributed by atoms with Crippen molar-refractivity contribution < 1.29 is 28.5 Å². The lowest BCUT2D eigenvalue weighted by Gasteiger charge is -2.26. The van der Waals surface area contributed by atoms with E-state index in [9.17, 15) is 14.3 Å². The van der Waals surface area contributed by atoms with Crippen LogP contribution < -0.4 is 14.8 Å². The molecule has 2 aromatic rings. The van der Waals surface area contributed by atoms with Gasteiger partial charge in [0, 0.05) is 49.1 Å². The van der Waals surface area contributed by atoms with Crippen molar-refractivity contribution in [3.63, 3.8) is 0 Å². The van der Waals surface area contributed by atoms with E-state index in [1.165, 1.54) is 12.1 Å². The van der Waals surface area contributed by atoms with Gasteiger partial charge in [-0.25, -0.2) is 9.37 Å². The molecule has 1 aliphatic carbocycles. The molecule has 0 radical (unpaired) electrons. The Hall–Kier alpha value is -2.91. The summed E-state index contributed by atoms with van der Waals surface area (Å²) in [6.45, 7) is 2.61. The summed E-state index contributed by atoms with van der Waals surface area (Å²) in [5.41, 5.74) is 2.55. The Morgan fingerprint density at radius 1 is 1.22 bits per heavy atom. The fourth-order valence-electron chi connectivity index (χ4n) is 5.24. The molecular weight excluding hydrogens is 477 g/mol. The number of methoxy groups -OCH3 is 1. The molecule has 5 rings (SSSR count). The minimum atomic E-state index is -1.01. The molecule has 37 heavy (non-hydrogen) atoms. The van der Waals surface area contributed by atoms with E-state index in [1.54, 1.807) is 13.2 Å². The molecule has 200 valence electrons. The standard InChI is InChI=1S/C28H36FN3O5/c1-35-25-16-19(31-27-22(25)6-4-12-30-27)5-2-3-14-36-21-11-13-32(17-21)26(28(33)34)23-15-18(29)7-10-24(23)37-20-8-9-20/h7,10,15-16,20-21,26H,2-6,8-9,11-14,17H2,1H3,(H,30,31)(H,33,34)/t21-,26+/m1/s1. The van der Waals surface area contributed by atoms with Crippen LogP contribution in [0, 0.1) is 5.82 Å². The van der Waals surface area contributed by atoms with Crippen molar-refractivity contribution in [2.24, 2.45) is 0 Å². The number of halogens is 1. The van der Waals surface area contributed by atoms with Crippen molar-refractivity contribution >= 4 is 11.8 Å². The number of nitrogens with one attached hydrogen (secondary N) is 1. The molecule has 2 atom stereocenters. The van der Waals surface area contributed by atoms with Crippen molar-refractivity contribution in [1.29, 1.82) is 0 Å². The highest BCUT2D eigenvalue weighted by Crippen LogP contribution is 2.37. The first-order valence-corrected chi connectivity index (χ1v) is 13.4. The highest BCUT2D eigenvalue weighted by atomic mass is 19.1. The van der Waals surface area contributed by atoms with Gasteiger partial charge in [0.05, 0.1) is 19.3 Å². The highest BCUT2D eigenvalue weighted by Gasteiger charge is 2.37. The average Bonchev–Trinajstić information content (AvgIpc) is 3.60. The maximum atomic E-state index is 14.1. The lowest BCUT2D eigenvalue weighted by Crippen LogP contribution is -2.34. The van der Waals surface area contributed by atoms with E-state index in [4.69, 9.17) is 19.2 Å². The number of anilines is 1. The van der Waals surface area contributed by atoms with Gasteiger partial charge >= 0.3 is 5.97 Å². The highest BCUT2D eigenvalue weighted by molar-refractivity contribution is 5.77. The SMILES string of the molecule is COc1cc(CCCCO[C@@H]2CCN([C@H](C(=O)O)c3cc(F)ccc3OC3CC3)C2)nc2c1CCCN2. The van der Waals surface area contributed by atoms with E-state index in [2.05, 4.69) is 5.32 Å². The van der Waals surface area contributed by atoms with Crippen molar-refractivity contribution in [3.8, 4) is 11.5 Å². The molecule has 2 aliphatic heterocycles. The van der Waals surface area contributed by atoms with Gasteiger partial charge in [-0.15, -0.1) is 0 Å². The minimum Gasteiger partial charge on any atom is -0.496 e. The fraction of sp³-hybridized carbons (Fsp3) is 0.571. The van der Waals surface area contributed by atoms with Gasteiger partial charge in [-0.05, 0) is 69.6 Å². The molecule has 1 saturated heterocycles. The van der Waals surface area contributed by atoms with Gasteiger partial charge in [0.1, 0.15) is 29.2 Å². The Balaban J connectivity index is 1.12. The Morgan fingerprint density at radius 3 is 2.86 bits per heavy atom. The van der Waals surface area contributed by atoms with Gasteiger partial charge < -0.3 is 24.6 Å². The van der Waals surface area contributed by atoms with Crippen LogP contribution in [0.5, 0.6) is 11.5 Å². The number of hydrogen-bond acceptors (Lipinski definition) is 7. The zero-order valence-corrected chi connectivity index (χ0v) is 21.4. The number of aliphatic carboxylic acids is 1. The fourth-order valence-corrected chi connectivity index (χ4v) is 5.24. The number of hydrogen-bond donors (Lipinski definition) is 2. The minimum absolute atomic E-state index is 0.0469. The number of likely N-dealkylation sites (tertiary alicyclic amines) is 1. The van der Waals surface area contributed by atoms with Gasteiger partial charge in [0.25, 0.3) is 0 Å². The second-order valence-electron chi connectivity index (χ2n) is 10.1. The van der Waals surface area contributed by atoms with Crippen molar-refractivity contribution in [2.75, 3.05) is 38.7 Å². The first-order valence-electron chi connectivity index (χ1n) is 13.4. The van der Waals surface area contributed by atoms with Gasteiger partial charge in [0.15, 0.2) is 0 Å². The quantitative estimate of drug-likeness (QED) is 0.404. The lowest BCUT2D eigenvalue weighted by atomic mass is 10.0. The van der Waals surface area contributed by atoms with Crippen LogP contribution in [0.1, 0.15) is 61.4 Å². The summed E-state index contributed by atoms with van der Waals surface area (Å²) < 4.78 is 31.7. The molecule has 9 heteroatoms. The number of fused-ring (bicyclic) bond motifs is 1. The third kappa shape index (κ3) is 6.33. The zero-order valence-electron chi connectivity index (χ0n) is 21.4. The molecule has 2 N–H and O–H groups in total. The number of carboxylic acids is 1. The third-order valence-electron chi connectivity index (χ3n) is 7.29. The first kappa shape index (κ1) is 25.7. The largest absolute Gasteiger partial charge is 0.496 e. The number of aryl methyl sites for hydroxylation is 1. The Kier molecular flexibility index (Phi) is 8.10. The van der Waals surface area contributed by atoms with Crippen LogP contribution in [0.3, 0.4) is 0 Å². The second kappa shape index (κ2) is 11.6. The smallest absolute Gasteiger partial charge is 0.325 e. The number of rotatable bonds is 12. The maximum Gasteiger partial charge on any atom is 0.325 e. The predicted octanol–water partition coefficient (Wildman–Crippen LogP) is 4.37. The van der Waals surface area contributed by atoms with Gasteiger partial charge in [-0.2, -0.15) is 0 Å². The Bertz CT molecular complexity index is 1090. The molecular formula is C28H36FN3O5. The van der Waals surface area contributed by atoms with Crippen LogP contribution in [-0.4, -0.2) is 66.5 Å². The molecule has 0 unspecified atom stereocenters. The number of unbranched alkanes of at least 4 members (excludes halogenated alkanes) is 1. The lowest BCUT2D eigenvalue weighted by molar-refractivity contribution is -0.143. The van der Waals surface area contributed by atoms with Crippen molar-refractivity contribution in [1.82, 2.24) is 9.88 Å². The number of benzene rings is 1. The normalized spacial score (nSPS) is 20.2. The maximum absolute atomic E-state index is 14.1. The molecule has 8 nitrogen and oxygen atoms in total. The predicted molar refractivity (Wildman–Crippen MR) is 137 cm³/mol. The summed E-state index contributed by atoms with van der Waals surface area (Å²) in [5, 5.41) is 13.4.